The lowest BCUT2D eigenvalue weighted by atomic mass is 10.1. The van der Waals surface area contributed by atoms with E-state index in [4.69, 9.17) is 4.74 Å². The monoisotopic (exact) mass is 371 g/mol. The molecule has 26 heavy (non-hydrogen) atoms. The molecular weight excluding hydrogens is 344 g/mol. The summed E-state index contributed by atoms with van der Waals surface area (Å²) < 4.78 is 5.46. The number of carbonyl (C=O) groups excluding carboxylic acids is 1. The fourth-order valence-corrected chi connectivity index (χ4v) is 4.03. The van der Waals surface area contributed by atoms with Gasteiger partial charge in [-0.2, -0.15) is 0 Å². The maximum absolute atomic E-state index is 12.6. The third kappa shape index (κ3) is 5.59. The summed E-state index contributed by atoms with van der Waals surface area (Å²) in [7, 11) is 0. The molecule has 1 amide bonds. The van der Waals surface area contributed by atoms with E-state index in [1.54, 1.807) is 11.8 Å². The summed E-state index contributed by atoms with van der Waals surface area (Å²) in [4.78, 5) is 15.2. The van der Waals surface area contributed by atoms with E-state index in [0.717, 1.165) is 37.7 Å². The molecule has 0 unspecified atom stereocenters. The maximum atomic E-state index is 12.6. The Hall–Kier alpha value is -1.82. The molecule has 0 spiro atoms. The third-order valence-electron chi connectivity index (χ3n) is 4.68. The zero-order valence-electron chi connectivity index (χ0n) is 15.2. The Labute approximate surface area is 159 Å². The van der Waals surface area contributed by atoms with Gasteiger partial charge in [-0.25, -0.2) is 0 Å². The standard InChI is InChI=1S/C21H26N2O2S/c1-17-7-5-6-10-20(17)26-16-21(24)22-19(18-8-3-2-4-9-18)15-23-11-13-25-14-12-23/h2-10,19H,11-16H2,1H3,(H,22,24)/p+1/t19-/m1/s1. The van der Waals surface area contributed by atoms with Crippen LogP contribution in [0.2, 0.25) is 0 Å². The molecule has 4 nitrogen and oxygen atoms in total. The Morgan fingerprint density at radius 2 is 1.81 bits per heavy atom. The SMILES string of the molecule is Cc1ccccc1SCC(=O)N[C@H](C[NH+]1CCOCC1)c1ccccc1. The zero-order valence-corrected chi connectivity index (χ0v) is 16.1. The minimum Gasteiger partial charge on any atom is -0.370 e. The quantitative estimate of drug-likeness (QED) is 0.730. The van der Waals surface area contributed by atoms with E-state index in [1.165, 1.54) is 16.0 Å². The number of ether oxygens (including phenoxy) is 1. The number of amides is 1. The summed E-state index contributed by atoms with van der Waals surface area (Å²) >= 11 is 1.60. The van der Waals surface area contributed by atoms with E-state index < -0.39 is 0 Å². The number of hydrogen-bond acceptors (Lipinski definition) is 3. The smallest absolute Gasteiger partial charge is 0.231 e. The Balaban J connectivity index is 1.61. The molecule has 138 valence electrons. The lowest BCUT2D eigenvalue weighted by Crippen LogP contribution is -3.14. The lowest BCUT2D eigenvalue weighted by molar-refractivity contribution is -0.909. The molecule has 0 bridgehead atoms. The minimum atomic E-state index is 0.0364. The van der Waals surface area contributed by atoms with Crippen molar-refractivity contribution in [2.75, 3.05) is 38.6 Å². The average Bonchev–Trinajstić information content (AvgIpc) is 2.68. The first-order valence-electron chi connectivity index (χ1n) is 9.16. The molecule has 2 aromatic carbocycles. The fourth-order valence-electron chi connectivity index (χ4n) is 3.19. The zero-order chi connectivity index (χ0) is 18.2. The van der Waals surface area contributed by atoms with Crippen LogP contribution in [0, 0.1) is 6.92 Å². The van der Waals surface area contributed by atoms with Crippen LogP contribution in [0.4, 0.5) is 0 Å². The Bertz CT molecular complexity index is 702. The number of thioether (sulfide) groups is 1. The van der Waals surface area contributed by atoms with Crippen molar-refractivity contribution >= 4 is 17.7 Å². The van der Waals surface area contributed by atoms with Gasteiger partial charge in [-0.3, -0.25) is 4.79 Å². The second kappa shape index (κ2) is 9.76. The van der Waals surface area contributed by atoms with Crippen molar-refractivity contribution in [2.45, 2.75) is 17.9 Å². The number of morpholine rings is 1. The Kier molecular flexibility index (Phi) is 7.12. The molecule has 2 N–H and O–H groups in total. The summed E-state index contributed by atoms with van der Waals surface area (Å²) in [5.41, 5.74) is 2.38. The van der Waals surface area contributed by atoms with E-state index in [0.29, 0.717) is 5.75 Å². The van der Waals surface area contributed by atoms with Crippen LogP contribution in [0.25, 0.3) is 0 Å². The number of carbonyl (C=O) groups is 1. The summed E-state index contributed by atoms with van der Waals surface area (Å²) in [5, 5.41) is 3.25. The van der Waals surface area contributed by atoms with Gasteiger partial charge in [0, 0.05) is 4.90 Å². The highest BCUT2D eigenvalue weighted by atomic mass is 32.2. The molecule has 1 atom stereocenters. The van der Waals surface area contributed by atoms with Gasteiger partial charge < -0.3 is 15.0 Å². The predicted octanol–water partition coefficient (Wildman–Crippen LogP) is 1.86. The number of benzene rings is 2. The van der Waals surface area contributed by atoms with Gasteiger partial charge in [0.2, 0.25) is 5.91 Å². The second-order valence-corrected chi connectivity index (χ2v) is 7.67. The van der Waals surface area contributed by atoms with Gasteiger partial charge >= 0.3 is 0 Å². The average molecular weight is 372 g/mol. The van der Waals surface area contributed by atoms with Crippen molar-refractivity contribution in [1.82, 2.24) is 5.32 Å². The van der Waals surface area contributed by atoms with Gasteiger partial charge in [0.25, 0.3) is 0 Å². The fraction of sp³-hybridized carbons (Fsp3) is 0.381. The Morgan fingerprint density at radius 3 is 2.54 bits per heavy atom. The molecule has 2 aromatic rings. The molecule has 1 heterocycles. The van der Waals surface area contributed by atoms with Gasteiger partial charge in [0.1, 0.15) is 25.7 Å². The third-order valence-corrected chi connectivity index (χ3v) is 5.86. The first-order valence-corrected chi connectivity index (χ1v) is 10.1. The van der Waals surface area contributed by atoms with E-state index in [-0.39, 0.29) is 11.9 Å². The summed E-state index contributed by atoms with van der Waals surface area (Å²) in [6, 6.07) is 18.5. The van der Waals surface area contributed by atoms with Crippen molar-refractivity contribution in [3.05, 3.63) is 65.7 Å². The van der Waals surface area contributed by atoms with Crippen LogP contribution in [0.3, 0.4) is 0 Å². The highest BCUT2D eigenvalue weighted by Gasteiger charge is 2.22. The molecule has 1 fully saturated rings. The van der Waals surface area contributed by atoms with E-state index in [9.17, 15) is 4.79 Å². The van der Waals surface area contributed by atoms with E-state index >= 15 is 0 Å². The van der Waals surface area contributed by atoms with E-state index in [2.05, 4.69) is 36.5 Å². The first kappa shape index (κ1) is 19.0. The minimum absolute atomic E-state index is 0.0364. The van der Waals surface area contributed by atoms with Crippen LogP contribution in [0.1, 0.15) is 17.2 Å². The maximum Gasteiger partial charge on any atom is 0.231 e. The molecular formula is C21H27N2O2S+. The highest BCUT2D eigenvalue weighted by Crippen LogP contribution is 2.21. The highest BCUT2D eigenvalue weighted by molar-refractivity contribution is 8.00. The van der Waals surface area contributed by atoms with Crippen molar-refractivity contribution in [3.8, 4) is 0 Å². The molecule has 5 heteroatoms. The van der Waals surface area contributed by atoms with Crippen molar-refractivity contribution in [3.63, 3.8) is 0 Å². The molecule has 0 radical (unpaired) electrons. The molecule has 3 rings (SSSR count). The second-order valence-electron chi connectivity index (χ2n) is 6.65. The van der Waals surface area contributed by atoms with Gasteiger partial charge in [-0.1, -0.05) is 48.5 Å². The van der Waals surface area contributed by atoms with Crippen LogP contribution >= 0.6 is 11.8 Å². The number of aryl methyl sites for hydroxylation is 1. The van der Waals surface area contributed by atoms with Crippen LogP contribution in [-0.4, -0.2) is 44.5 Å². The van der Waals surface area contributed by atoms with E-state index in [1.807, 2.05) is 30.3 Å². The molecule has 1 saturated heterocycles. The van der Waals surface area contributed by atoms with Gasteiger partial charge in [0.15, 0.2) is 0 Å². The van der Waals surface area contributed by atoms with Crippen LogP contribution < -0.4 is 10.2 Å². The first-order chi connectivity index (χ1) is 12.7. The van der Waals surface area contributed by atoms with Crippen LogP contribution in [-0.2, 0) is 9.53 Å². The van der Waals surface area contributed by atoms with Crippen LogP contribution in [0.5, 0.6) is 0 Å². The molecule has 0 aliphatic carbocycles. The predicted molar refractivity (Wildman–Crippen MR) is 106 cm³/mol. The lowest BCUT2D eigenvalue weighted by Gasteiger charge is -2.28. The number of hydrogen-bond donors (Lipinski definition) is 2. The topological polar surface area (TPSA) is 42.8 Å². The largest absolute Gasteiger partial charge is 0.370 e. The Morgan fingerprint density at radius 1 is 1.12 bits per heavy atom. The number of rotatable bonds is 7. The van der Waals surface area contributed by atoms with Gasteiger partial charge in [-0.15, -0.1) is 11.8 Å². The molecule has 0 aromatic heterocycles. The normalized spacial score (nSPS) is 16.2. The van der Waals surface area contributed by atoms with Crippen molar-refractivity contribution < 1.29 is 14.4 Å². The summed E-state index contributed by atoms with van der Waals surface area (Å²) in [6.07, 6.45) is 0. The van der Waals surface area contributed by atoms with Crippen molar-refractivity contribution in [2.24, 2.45) is 0 Å². The summed E-state index contributed by atoms with van der Waals surface area (Å²) in [5.74, 6) is 0.520. The van der Waals surface area contributed by atoms with Crippen LogP contribution in [0.15, 0.2) is 59.5 Å². The number of quaternary nitrogens is 1. The van der Waals surface area contributed by atoms with Gasteiger partial charge in [0.05, 0.1) is 19.0 Å². The molecule has 1 aliphatic heterocycles. The van der Waals surface area contributed by atoms with Crippen molar-refractivity contribution in [1.29, 1.82) is 0 Å². The summed E-state index contributed by atoms with van der Waals surface area (Å²) in [6.45, 7) is 6.57. The molecule has 0 saturated carbocycles. The number of nitrogens with one attached hydrogen (secondary N) is 2. The molecule has 1 aliphatic rings. The van der Waals surface area contributed by atoms with Gasteiger partial charge in [-0.05, 0) is 24.1 Å².